The van der Waals surface area contributed by atoms with Crippen LogP contribution in [0.3, 0.4) is 0 Å². The van der Waals surface area contributed by atoms with Crippen molar-refractivity contribution in [2.45, 2.75) is 0 Å². The summed E-state index contributed by atoms with van der Waals surface area (Å²) in [5.41, 5.74) is 1.91. The average molecular weight is 227 g/mol. The Balaban J connectivity index is 2.34. The molecule has 2 heterocycles. The SMILES string of the molecule is O=c1[nH]c(-c2ccsc2)cc2ccccc12. The highest BCUT2D eigenvalue weighted by Crippen LogP contribution is 2.21. The second-order valence-electron chi connectivity index (χ2n) is 3.61. The highest BCUT2D eigenvalue weighted by atomic mass is 32.1. The minimum atomic E-state index is -0.0284. The van der Waals surface area contributed by atoms with Gasteiger partial charge in [-0.15, -0.1) is 0 Å². The van der Waals surface area contributed by atoms with Gasteiger partial charge in [-0.2, -0.15) is 11.3 Å². The lowest BCUT2D eigenvalue weighted by Crippen LogP contribution is -2.06. The van der Waals surface area contributed by atoms with Crippen LogP contribution in [0.5, 0.6) is 0 Å². The summed E-state index contributed by atoms with van der Waals surface area (Å²) in [7, 11) is 0. The second-order valence-corrected chi connectivity index (χ2v) is 4.39. The first kappa shape index (κ1) is 9.36. The van der Waals surface area contributed by atoms with Gasteiger partial charge in [-0.25, -0.2) is 0 Å². The summed E-state index contributed by atoms with van der Waals surface area (Å²) in [6.45, 7) is 0. The molecule has 3 aromatic rings. The normalized spacial score (nSPS) is 10.8. The number of H-pyrrole nitrogens is 1. The molecular formula is C13H9NOS. The summed E-state index contributed by atoms with van der Waals surface area (Å²) in [5, 5.41) is 5.75. The number of benzene rings is 1. The third-order valence-corrected chi connectivity index (χ3v) is 3.27. The van der Waals surface area contributed by atoms with E-state index in [1.807, 2.05) is 47.2 Å². The molecule has 0 saturated carbocycles. The summed E-state index contributed by atoms with van der Waals surface area (Å²) >= 11 is 1.62. The Hall–Kier alpha value is -1.87. The van der Waals surface area contributed by atoms with Crippen LogP contribution in [0.2, 0.25) is 0 Å². The van der Waals surface area contributed by atoms with Gasteiger partial charge in [-0.05, 0) is 29.0 Å². The zero-order valence-electron chi connectivity index (χ0n) is 8.44. The molecule has 0 fully saturated rings. The van der Waals surface area contributed by atoms with Gasteiger partial charge in [-0.3, -0.25) is 4.79 Å². The van der Waals surface area contributed by atoms with E-state index in [0.717, 1.165) is 22.0 Å². The van der Waals surface area contributed by atoms with E-state index < -0.39 is 0 Å². The van der Waals surface area contributed by atoms with Crippen molar-refractivity contribution in [2.75, 3.05) is 0 Å². The Kier molecular flexibility index (Phi) is 2.11. The molecule has 3 rings (SSSR count). The van der Waals surface area contributed by atoms with Crippen LogP contribution in [0.4, 0.5) is 0 Å². The number of nitrogens with one attached hydrogen (secondary N) is 1. The van der Waals surface area contributed by atoms with Crippen molar-refractivity contribution in [3.05, 3.63) is 57.5 Å². The van der Waals surface area contributed by atoms with Gasteiger partial charge in [-0.1, -0.05) is 18.2 Å². The van der Waals surface area contributed by atoms with Crippen LogP contribution >= 0.6 is 11.3 Å². The van der Waals surface area contributed by atoms with Crippen molar-refractivity contribution in [3.8, 4) is 11.3 Å². The molecule has 0 unspecified atom stereocenters. The summed E-state index contributed by atoms with van der Waals surface area (Å²) in [5.74, 6) is 0. The number of hydrogen-bond acceptors (Lipinski definition) is 2. The van der Waals surface area contributed by atoms with E-state index in [-0.39, 0.29) is 5.56 Å². The number of aromatic nitrogens is 1. The molecule has 0 radical (unpaired) electrons. The summed E-state index contributed by atoms with van der Waals surface area (Å²) in [6, 6.07) is 11.6. The van der Waals surface area contributed by atoms with Crippen LogP contribution < -0.4 is 5.56 Å². The molecule has 2 nitrogen and oxygen atoms in total. The van der Waals surface area contributed by atoms with Gasteiger partial charge in [0.25, 0.3) is 5.56 Å². The van der Waals surface area contributed by atoms with E-state index in [1.54, 1.807) is 11.3 Å². The van der Waals surface area contributed by atoms with E-state index in [0.29, 0.717) is 0 Å². The van der Waals surface area contributed by atoms with E-state index in [9.17, 15) is 4.79 Å². The Labute approximate surface area is 96.2 Å². The van der Waals surface area contributed by atoms with Gasteiger partial charge < -0.3 is 4.98 Å². The monoisotopic (exact) mass is 227 g/mol. The standard InChI is InChI=1S/C13H9NOS/c15-13-11-4-2-1-3-9(11)7-12(14-13)10-5-6-16-8-10/h1-8H,(H,14,15). The van der Waals surface area contributed by atoms with Crippen molar-refractivity contribution in [1.29, 1.82) is 0 Å². The molecule has 1 aromatic carbocycles. The largest absolute Gasteiger partial charge is 0.321 e. The lowest BCUT2D eigenvalue weighted by atomic mass is 10.1. The third-order valence-electron chi connectivity index (χ3n) is 2.59. The predicted molar refractivity (Wildman–Crippen MR) is 67.9 cm³/mol. The lowest BCUT2D eigenvalue weighted by molar-refractivity contribution is 1.28. The zero-order chi connectivity index (χ0) is 11.0. The Morgan fingerprint density at radius 1 is 1.12 bits per heavy atom. The molecule has 0 amide bonds. The number of pyridine rings is 1. The van der Waals surface area contributed by atoms with E-state index in [1.165, 1.54) is 0 Å². The van der Waals surface area contributed by atoms with Crippen molar-refractivity contribution in [2.24, 2.45) is 0 Å². The Morgan fingerprint density at radius 3 is 2.81 bits per heavy atom. The molecule has 0 aliphatic carbocycles. The molecule has 0 atom stereocenters. The number of aromatic amines is 1. The number of hydrogen-bond donors (Lipinski definition) is 1. The quantitative estimate of drug-likeness (QED) is 0.680. The maximum atomic E-state index is 11.8. The highest BCUT2D eigenvalue weighted by molar-refractivity contribution is 7.08. The first-order valence-electron chi connectivity index (χ1n) is 4.99. The molecule has 16 heavy (non-hydrogen) atoms. The molecule has 0 saturated heterocycles. The van der Waals surface area contributed by atoms with Gasteiger partial charge in [0, 0.05) is 22.0 Å². The second kappa shape index (κ2) is 3.61. The van der Waals surface area contributed by atoms with Gasteiger partial charge >= 0.3 is 0 Å². The van der Waals surface area contributed by atoms with Gasteiger partial charge in [0.1, 0.15) is 0 Å². The molecule has 0 aliphatic heterocycles. The number of thiophene rings is 1. The molecule has 2 aromatic heterocycles. The topological polar surface area (TPSA) is 32.9 Å². The third kappa shape index (κ3) is 1.46. The average Bonchev–Trinajstić information content (AvgIpc) is 2.82. The number of fused-ring (bicyclic) bond motifs is 1. The first-order valence-corrected chi connectivity index (χ1v) is 5.93. The van der Waals surface area contributed by atoms with E-state index in [4.69, 9.17) is 0 Å². The predicted octanol–water partition coefficient (Wildman–Crippen LogP) is 3.26. The summed E-state index contributed by atoms with van der Waals surface area (Å²) in [4.78, 5) is 14.7. The van der Waals surface area contributed by atoms with Gasteiger partial charge in [0.2, 0.25) is 0 Å². The number of rotatable bonds is 1. The fourth-order valence-electron chi connectivity index (χ4n) is 1.78. The lowest BCUT2D eigenvalue weighted by Gasteiger charge is -2.01. The molecule has 78 valence electrons. The molecule has 0 aliphatic rings. The van der Waals surface area contributed by atoms with Crippen molar-refractivity contribution in [1.82, 2.24) is 4.98 Å². The Bertz CT molecular complexity index is 682. The van der Waals surface area contributed by atoms with Gasteiger partial charge in [0.15, 0.2) is 0 Å². The van der Waals surface area contributed by atoms with Crippen LogP contribution in [0.25, 0.3) is 22.0 Å². The zero-order valence-corrected chi connectivity index (χ0v) is 9.25. The molecule has 3 heteroatoms. The van der Waals surface area contributed by atoms with Gasteiger partial charge in [0.05, 0.1) is 0 Å². The van der Waals surface area contributed by atoms with Crippen LogP contribution in [0, 0.1) is 0 Å². The smallest absolute Gasteiger partial charge is 0.256 e. The minimum absolute atomic E-state index is 0.0284. The van der Waals surface area contributed by atoms with E-state index in [2.05, 4.69) is 4.98 Å². The molecular weight excluding hydrogens is 218 g/mol. The van der Waals surface area contributed by atoms with Crippen LogP contribution in [-0.4, -0.2) is 4.98 Å². The summed E-state index contributed by atoms with van der Waals surface area (Å²) in [6.07, 6.45) is 0. The Morgan fingerprint density at radius 2 is 2.00 bits per heavy atom. The van der Waals surface area contributed by atoms with Crippen LogP contribution in [0.15, 0.2) is 52.0 Å². The van der Waals surface area contributed by atoms with Crippen LogP contribution in [-0.2, 0) is 0 Å². The maximum absolute atomic E-state index is 11.8. The van der Waals surface area contributed by atoms with Crippen molar-refractivity contribution >= 4 is 22.1 Å². The maximum Gasteiger partial charge on any atom is 0.256 e. The highest BCUT2D eigenvalue weighted by Gasteiger charge is 2.03. The molecule has 1 N–H and O–H groups in total. The molecule has 0 spiro atoms. The fourth-order valence-corrected chi connectivity index (χ4v) is 2.44. The van der Waals surface area contributed by atoms with Crippen molar-refractivity contribution in [3.63, 3.8) is 0 Å². The van der Waals surface area contributed by atoms with Crippen molar-refractivity contribution < 1.29 is 0 Å². The summed E-state index contributed by atoms with van der Waals surface area (Å²) < 4.78 is 0. The fraction of sp³-hybridized carbons (Fsp3) is 0. The van der Waals surface area contributed by atoms with E-state index >= 15 is 0 Å². The van der Waals surface area contributed by atoms with Crippen LogP contribution in [0.1, 0.15) is 0 Å². The molecule has 0 bridgehead atoms. The first-order chi connectivity index (χ1) is 7.84. The minimum Gasteiger partial charge on any atom is -0.321 e.